The molecule has 0 bridgehead atoms. The van der Waals surface area contributed by atoms with Gasteiger partial charge in [0.2, 0.25) is 10.0 Å². The van der Waals surface area contributed by atoms with Crippen LogP contribution in [0.3, 0.4) is 0 Å². The summed E-state index contributed by atoms with van der Waals surface area (Å²) in [5, 5.41) is 0. The van der Waals surface area contributed by atoms with Gasteiger partial charge in [-0.25, -0.2) is 13.1 Å². The standard InChI is InChI=1S/C12H20N2O3S2/c1-9(8-18-3)14-19(15,16)12-5-4-10(7-13)6-11(12)17-2/h4-6,9,14H,7-8,13H2,1-3H3. The SMILES string of the molecule is COc1cc(CN)ccc1S(=O)(=O)NC(C)CSC. The van der Waals surface area contributed by atoms with E-state index in [0.717, 1.165) is 5.56 Å². The van der Waals surface area contributed by atoms with E-state index in [1.807, 2.05) is 13.2 Å². The zero-order valence-corrected chi connectivity index (χ0v) is 13.0. The van der Waals surface area contributed by atoms with E-state index < -0.39 is 10.0 Å². The second kappa shape index (κ2) is 7.14. The third-order valence-corrected chi connectivity index (χ3v) is 4.99. The minimum Gasteiger partial charge on any atom is -0.495 e. The number of ether oxygens (including phenoxy) is 1. The van der Waals surface area contributed by atoms with E-state index in [9.17, 15) is 8.42 Å². The van der Waals surface area contributed by atoms with Gasteiger partial charge >= 0.3 is 0 Å². The summed E-state index contributed by atoms with van der Waals surface area (Å²) in [6.45, 7) is 2.17. The molecule has 0 saturated heterocycles. The molecule has 1 aromatic rings. The van der Waals surface area contributed by atoms with Crippen LogP contribution in [-0.4, -0.2) is 33.6 Å². The monoisotopic (exact) mass is 304 g/mol. The van der Waals surface area contributed by atoms with Gasteiger partial charge in [0, 0.05) is 18.3 Å². The van der Waals surface area contributed by atoms with E-state index in [-0.39, 0.29) is 10.9 Å². The summed E-state index contributed by atoms with van der Waals surface area (Å²) in [5.74, 6) is 1.02. The molecule has 0 aliphatic heterocycles. The first kappa shape index (κ1) is 16.3. The van der Waals surface area contributed by atoms with Gasteiger partial charge in [-0.3, -0.25) is 0 Å². The number of nitrogens with two attached hydrogens (primary N) is 1. The van der Waals surface area contributed by atoms with Crippen LogP contribution in [-0.2, 0) is 16.6 Å². The topological polar surface area (TPSA) is 81.4 Å². The number of sulfonamides is 1. The van der Waals surface area contributed by atoms with E-state index in [4.69, 9.17) is 10.5 Å². The van der Waals surface area contributed by atoms with Crippen molar-refractivity contribution >= 4 is 21.8 Å². The predicted octanol–water partition coefficient (Wildman–Crippen LogP) is 1.18. The highest BCUT2D eigenvalue weighted by Crippen LogP contribution is 2.25. The molecule has 5 nitrogen and oxygen atoms in total. The molecule has 0 spiro atoms. The first-order valence-electron chi connectivity index (χ1n) is 5.82. The molecule has 0 aliphatic carbocycles. The lowest BCUT2D eigenvalue weighted by molar-refractivity contribution is 0.401. The molecular weight excluding hydrogens is 284 g/mol. The lowest BCUT2D eigenvalue weighted by atomic mass is 10.2. The average Bonchev–Trinajstić information content (AvgIpc) is 2.37. The van der Waals surface area contributed by atoms with Crippen LogP contribution in [0.5, 0.6) is 5.75 Å². The van der Waals surface area contributed by atoms with E-state index in [1.54, 1.807) is 23.9 Å². The third-order valence-electron chi connectivity index (χ3n) is 2.53. The smallest absolute Gasteiger partial charge is 0.244 e. The molecule has 0 amide bonds. The Morgan fingerprint density at radius 2 is 2.16 bits per heavy atom. The second-order valence-electron chi connectivity index (χ2n) is 4.17. The van der Waals surface area contributed by atoms with Gasteiger partial charge in [0.15, 0.2) is 0 Å². The Labute approximate surface area is 119 Å². The highest BCUT2D eigenvalue weighted by Gasteiger charge is 2.21. The van der Waals surface area contributed by atoms with Gasteiger partial charge in [0.1, 0.15) is 10.6 Å². The predicted molar refractivity (Wildman–Crippen MR) is 79.1 cm³/mol. The minimum absolute atomic E-state index is 0.139. The number of thioether (sulfide) groups is 1. The average molecular weight is 304 g/mol. The normalized spacial score (nSPS) is 13.3. The Bertz CT molecular complexity index is 518. The summed E-state index contributed by atoms with van der Waals surface area (Å²) >= 11 is 1.59. The summed E-state index contributed by atoms with van der Waals surface area (Å²) in [6.07, 6.45) is 1.93. The number of rotatable bonds is 7. The van der Waals surface area contributed by atoms with Crippen LogP contribution in [0.1, 0.15) is 12.5 Å². The van der Waals surface area contributed by atoms with Gasteiger partial charge in [-0.2, -0.15) is 11.8 Å². The van der Waals surface area contributed by atoms with Crippen molar-refractivity contribution in [1.29, 1.82) is 0 Å². The molecule has 0 heterocycles. The Balaban J connectivity index is 3.07. The second-order valence-corrected chi connectivity index (χ2v) is 6.76. The maximum Gasteiger partial charge on any atom is 0.244 e. The van der Waals surface area contributed by atoms with Crippen LogP contribution < -0.4 is 15.2 Å². The molecule has 7 heteroatoms. The van der Waals surface area contributed by atoms with Gasteiger partial charge in [-0.05, 0) is 30.9 Å². The van der Waals surface area contributed by atoms with E-state index >= 15 is 0 Å². The highest BCUT2D eigenvalue weighted by atomic mass is 32.2. The third kappa shape index (κ3) is 4.38. The van der Waals surface area contributed by atoms with Crippen LogP contribution >= 0.6 is 11.8 Å². The van der Waals surface area contributed by atoms with E-state index in [2.05, 4.69) is 4.72 Å². The Morgan fingerprint density at radius 3 is 2.68 bits per heavy atom. The molecule has 3 N–H and O–H groups in total. The zero-order valence-electron chi connectivity index (χ0n) is 11.3. The molecule has 1 aromatic carbocycles. The maximum absolute atomic E-state index is 12.3. The minimum atomic E-state index is -3.58. The summed E-state index contributed by atoms with van der Waals surface area (Å²) in [7, 11) is -2.13. The van der Waals surface area contributed by atoms with Crippen molar-refractivity contribution in [2.24, 2.45) is 5.73 Å². The summed E-state index contributed by atoms with van der Waals surface area (Å²) < 4.78 is 32.3. The molecule has 0 saturated carbocycles. The summed E-state index contributed by atoms with van der Waals surface area (Å²) in [4.78, 5) is 0.139. The maximum atomic E-state index is 12.3. The number of hydrogen-bond donors (Lipinski definition) is 2. The van der Waals surface area contributed by atoms with E-state index in [0.29, 0.717) is 18.0 Å². The van der Waals surface area contributed by atoms with Gasteiger partial charge in [0.05, 0.1) is 7.11 Å². The van der Waals surface area contributed by atoms with Crippen molar-refractivity contribution in [3.63, 3.8) is 0 Å². The molecule has 1 unspecified atom stereocenters. The van der Waals surface area contributed by atoms with Gasteiger partial charge in [0.25, 0.3) is 0 Å². The van der Waals surface area contributed by atoms with Crippen LogP contribution in [0.2, 0.25) is 0 Å². The van der Waals surface area contributed by atoms with Crippen LogP contribution in [0.4, 0.5) is 0 Å². The lowest BCUT2D eigenvalue weighted by Crippen LogP contribution is -2.34. The van der Waals surface area contributed by atoms with Gasteiger partial charge < -0.3 is 10.5 Å². The van der Waals surface area contributed by atoms with Crippen molar-refractivity contribution in [3.05, 3.63) is 23.8 Å². The van der Waals surface area contributed by atoms with Crippen LogP contribution in [0, 0.1) is 0 Å². The molecule has 0 radical (unpaired) electrons. The molecule has 0 aromatic heterocycles. The Hall–Kier alpha value is -0.760. The molecule has 0 aliphatic rings. The van der Waals surface area contributed by atoms with E-state index in [1.165, 1.54) is 13.2 Å². The number of nitrogens with one attached hydrogen (secondary N) is 1. The lowest BCUT2D eigenvalue weighted by Gasteiger charge is -2.15. The summed E-state index contributed by atoms with van der Waals surface area (Å²) in [6, 6.07) is 4.72. The van der Waals surface area contributed by atoms with Crippen molar-refractivity contribution in [1.82, 2.24) is 4.72 Å². The molecule has 1 atom stereocenters. The van der Waals surface area contributed by atoms with Crippen molar-refractivity contribution in [2.45, 2.75) is 24.4 Å². The fourth-order valence-corrected chi connectivity index (χ4v) is 3.76. The Morgan fingerprint density at radius 1 is 1.47 bits per heavy atom. The molecule has 1 rings (SSSR count). The number of benzene rings is 1. The summed E-state index contributed by atoms with van der Waals surface area (Å²) in [5.41, 5.74) is 6.36. The molecular formula is C12H20N2O3S2. The zero-order chi connectivity index (χ0) is 14.5. The van der Waals surface area contributed by atoms with Crippen molar-refractivity contribution < 1.29 is 13.2 Å². The number of methoxy groups -OCH3 is 1. The van der Waals surface area contributed by atoms with Crippen LogP contribution in [0.15, 0.2) is 23.1 Å². The fourth-order valence-electron chi connectivity index (χ4n) is 1.67. The molecule has 19 heavy (non-hydrogen) atoms. The van der Waals surface area contributed by atoms with Crippen molar-refractivity contribution in [2.75, 3.05) is 19.1 Å². The Kier molecular flexibility index (Phi) is 6.12. The highest BCUT2D eigenvalue weighted by molar-refractivity contribution is 7.98. The van der Waals surface area contributed by atoms with Gasteiger partial charge in [-0.15, -0.1) is 0 Å². The first-order chi connectivity index (χ1) is 8.94. The number of hydrogen-bond acceptors (Lipinski definition) is 5. The quantitative estimate of drug-likeness (QED) is 0.790. The van der Waals surface area contributed by atoms with Gasteiger partial charge in [-0.1, -0.05) is 6.07 Å². The molecule has 108 valence electrons. The fraction of sp³-hybridized carbons (Fsp3) is 0.500. The molecule has 0 fully saturated rings. The van der Waals surface area contributed by atoms with Crippen molar-refractivity contribution in [3.8, 4) is 5.75 Å². The largest absolute Gasteiger partial charge is 0.495 e. The van der Waals surface area contributed by atoms with Crippen LogP contribution in [0.25, 0.3) is 0 Å². The first-order valence-corrected chi connectivity index (χ1v) is 8.70.